The largest absolute Gasteiger partial charge is 0.323 e. The van der Waals surface area contributed by atoms with Gasteiger partial charge in [-0.1, -0.05) is 29.3 Å². The number of benzene rings is 2. The van der Waals surface area contributed by atoms with Crippen LogP contribution in [0.25, 0.3) is 0 Å². The number of rotatable bonds is 8. The lowest BCUT2D eigenvalue weighted by molar-refractivity contribution is -0.384. The molecule has 0 spiro atoms. The summed E-state index contributed by atoms with van der Waals surface area (Å²) in [6.45, 7) is 5.23. The molecule has 9 nitrogen and oxygen atoms in total. The highest BCUT2D eigenvalue weighted by Crippen LogP contribution is 2.27. The number of carbonyl (C=O) groups excluding carboxylic acids is 1. The molecule has 0 aliphatic carbocycles. The summed E-state index contributed by atoms with van der Waals surface area (Å²) in [7, 11) is -3.60. The zero-order chi connectivity index (χ0) is 24.2. The Kier molecular flexibility index (Phi) is 8.06. The lowest BCUT2D eigenvalue weighted by Crippen LogP contribution is -2.49. The van der Waals surface area contributed by atoms with Gasteiger partial charge in [0.15, 0.2) is 0 Å². The number of carbonyl (C=O) groups is 1. The summed E-state index contributed by atoms with van der Waals surface area (Å²) in [6.07, 6.45) is 1.70. The molecule has 33 heavy (non-hydrogen) atoms. The third-order valence-corrected chi connectivity index (χ3v) is 7.54. The summed E-state index contributed by atoms with van der Waals surface area (Å²) in [5.41, 5.74) is 1.13. The van der Waals surface area contributed by atoms with Crippen LogP contribution in [-0.2, 0) is 14.8 Å². The lowest BCUT2D eigenvalue weighted by Gasteiger charge is -2.36. The van der Waals surface area contributed by atoms with E-state index in [4.69, 9.17) is 11.6 Å². The summed E-state index contributed by atoms with van der Waals surface area (Å²) >= 11 is 6.08. The van der Waals surface area contributed by atoms with Crippen LogP contribution in [0.1, 0.15) is 25.3 Å². The molecule has 0 bridgehead atoms. The summed E-state index contributed by atoms with van der Waals surface area (Å²) in [6, 6.07) is 10.1. The molecule has 1 heterocycles. The number of anilines is 1. The fourth-order valence-corrected chi connectivity index (χ4v) is 5.10. The predicted molar refractivity (Wildman–Crippen MR) is 127 cm³/mol. The van der Waals surface area contributed by atoms with Crippen molar-refractivity contribution in [3.8, 4) is 0 Å². The summed E-state index contributed by atoms with van der Waals surface area (Å²) in [5, 5.41) is 13.7. The Morgan fingerprint density at radius 3 is 2.61 bits per heavy atom. The number of hydrogen-bond acceptors (Lipinski definition) is 6. The molecule has 1 fully saturated rings. The number of nitro groups is 1. The lowest BCUT2D eigenvalue weighted by atomic mass is 9.97. The molecule has 1 amide bonds. The fourth-order valence-electron chi connectivity index (χ4n) is 3.77. The first-order valence-corrected chi connectivity index (χ1v) is 12.5. The van der Waals surface area contributed by atoms with Gasteiger partial charge in [0.2, 0.25) is 15.9 Å². The van der Waals surface area contributed by atoms with Gasteiger partial charge in [0.1, 0.15) is 0 Å². The van der Waals surface area contributed by atoms with Gasteiger partial charge in [-0.05, 0) is 57.4 Å². The molecule has 2 N–H and O–H groups in total. The molecule has 1 aliphatic rings. The molecule has 0 aromatic heterocycles. The first-order valence-electron chi connectivity index (χ1n) is 10.6. The number of sulfonamides is 1. The van der Waals surface area contributed by atoms with Crippen LogP contribution in [0.3, 0.4) is 0 Å². The molecule has 0 radical (unpaired) electrons. The van der Waals surface area contributed by atoms with Crippen molar-refractivity contribution in [2.75, 3.05) is 25.0 Å². The second-order valence-electron chi connectivity index (χ2n) is 8.25. The van der Waals surface area contributed by atoms with Crippen LogP contribution in [0, 0.1) is 23.0 Å². The van der Waals surface area contributed by atoms with E-state index < -0.39 is 21.0 Å². The van der Waals surface area contributed by atoms with E-state index in [9.17, 15) is 23.3 Å². The monoisotopic (exact) mass is 494 g/mol. The van der Waals surface area contributed by atoms with Gasteiger partial charge in [-0.25, -0.2) is 13.1 Å². The Bertz CT molecular complexity index is 1120. The molecular weight excluding hydrogens is 468 g/mol. The van der Waals surface area contributed by atoms with Gasteiger partial charge in [0, 0.05) is 25.2 Å². The second-order valence-corrected chi connectivity index (χ2v) is 10.4. The number of amides is 1. The van der Waals surface area contributed by atoms with Crippen LogP contribution in [0.15, 0.2) is 47.4 Å². The number of hydrogen-bond donors (Lipinski definition) is 2. The minimum absolute atomic E-state index is 0.0668. The van der Waals surface area contributed by atoms with E-state index in [0.29, 0.717) is 18.8 Å². The summed E-state index contributed by atoms with van der Waals surface area (Å²) in [4.78, 5) is 25.3. The van der Waals surface area contributed by atoms with E-state index in [0.717, 1.165) is 18.4 Å². The van der Waals surface area contributed by atoms with Crippen molar-refractivity contribution in [3.05, 3.63) is 63.2 Å². The standard InChI is InChI=1S/C22H27ClN4O5S/c1-15-5-8-19(9-6-15)33(31,32)24-13-17-4-3-11-26(14-17)16(2)22(28)25-21-10-7-18(27(29)30)12-20(21)23/h5-10,12,16-17,24H,3-4,11,13-14H2,1-2H3,(H,25,28). The van der Waals surface area contributed by atoms with Crippen molar-refractivity contribution in [2.45, 2.75) is 37.6 Å². The molecule has 178 valence electrons. The minimum Gasteiger partial charge on any atom is -0.323 e. The molecule has 3 rings (SSSR count). The molecule has 2 aromatic carbocycles. The zero-order valence-electron chi connectivity index (χ0n) is 18.5. The van der Waals surface area contributed by atoms with Crippen molar-refractivity contribution < 1.29 is 18.1 Å². The number of nitro benzene ring substituents is 1. The average Bonchev–Trinajstić information content (AvgIpc) is 2.79. The quantitative estimate of drug-likeness (QED) is 0.427. The first kappa shape index (κ1) is 25.1. The Morgan fingerprint density at radius 2 is 1.97 bits per heavy atom. The maximum absolute atomic E-state index is 12.8. The average molecular weight is 495 g/mol. The van der Waals surface area contributed by atoms with E-state index in [1.54, 1.807) is 31.2 Å². The third kappa shape index (κ3) is 6.50. The predicted octanol–water partition coefficient (Wildman–Crippen LogP) is 3.57. The molecule has 11 heteroatoms. The van der Waals surface area contributed by atoms with Crippen LogP contribution in [-0.4, -0.2) is 49.8 Å². The van der Waals surface area contributed by atoms with Gasteiger partial charge in [-0.15, -0.1) is 0 Å². The van der Waals surface area contributed by atoms with Gasteiger partial charge in [0.25, 0.3) is 5.69 Å². The third-order valence-electron chi connectivity index (χ3n) is 5.79. The molecule has 1 aliphatic heterocycles. The Balaban J connectivity index is 1.57. The minimum atomic E-state index is -3.60. The number of piperidine rings is 1. The number of nitrogens with one attached hydrogen (secondary N) is 2. The Hall–Kier alpha value is -2.53. The van der Waals surface area contributed by atoms with Crippen molar-refractivity contribution in [1.82, 2.24) is 9.62 Å². The van der Waals surface area contributed by atoms with Crippen molar-refractivity contribution in [1.29, 1.82) is 0 Å². The highest BCUT2D eigenvalue weighted by Gasteiger charge is 2.29. The van der Waals surface area contributed by atoms with Crippen molar-refractivity contribution >= 4 is 38.9 Å². The van der Waals surface area contributed by atoms with E-state index in [1.165, 1.54) is 18.2 Å². The summed E-state index contributed by atoms with van der Waals surface area (Å²) < 4.78 is 27.8. The smallest absolute Gasteiger partial charge is 0.271 e. The first-order chi connectivity index (χ1) is 15.6. The van der Waals surface area contributed by atoms with Crippen LogP contribution >= 0.6 is 11.6 Å². The highest BCUT2D eigenvalue weighted by atomic mass is 35.5. The van der Waals surface area contributed by atoms with Crippen LogP contribution in [0.5, 0.6) is 0 Å². The Morgan fingerprint density at radius 1 is 1.27 bits per heavy atom. The van der Waals surface area contributed by atoms with E-state index in [-0.39, 0.29) is 34.0 Å². The van der Waals surface area contributed by atoms with Gasteiger partial charge in [-0.2, -0.15) is 0 Å². The van der Waals surface area contributed by atoms with Gasteiger partial charge >= 0.3 is 0 Å². The van der Waals surface area contributed by atoms with Crippen LogP contribution < -0.4 is 10.0 Å². The molecule has 0 saturated carbocycles. The van der Waals surface area contributed by atoms with Crippen molar-refractivity contribution in [2.24, 2.45) is 5.92 Å². The molecular formula is C22H27ClN4O5S. The van der Waals surface area contributed by atoms with Crippen LogP contribution in [0.2, 0.25) is 5.02 Å². The maximum Gasteiger partial charge on any atom is 0.271 e. The van der Waals surface area contributed by atoms with Gasteiger partial charge in [0.05, 0.1) is 26.6 Å². The number of likely N-dealkylation sites (tertiary alicyclic amines) is 1. The number of aryl methyl sites for hydroxylation is 1. The van der Waals surface area contributed by atoms with E-state index >= 15 is 0 Å². The maximum atomic E-state index is 12.8. The molecule has 2 aromatic rings. The highest BCUT2D eigenvalue weighted by molar-refractivity contribution is 7.89. The summed E-state index contributed by atoms with van der Waals surface area (Å²) in [5.74, 6) is -0.219. The number of non-ortho nitro benzene ring substituents is 1. The molecule has 2 atom stereocenters. The number of nitrogens with zero attached hydrogens (tertiary/aromatic N) is 2. The molecule has 2 unspecified atom stereocenters. The molecule has 1 saturated heterocycles. The van der Waals surface area contributed by atoms with E-state index in [1.807, 2.05) is 11.8 Å². The SMILES string of the molecule is Cc1ccc(S(=O)(=O)NCC2CCCN(C(C)C(=O)Nc3ccc([N+](=O)[O-])cc3Cl)C2)cc1. The Labute approximate surface area is 198 Å². The second kappa shape index (κ2) is 10.6. The normalized spacial score (nSPS) is 18.0. The van der Waals surface area contributed by atoms with Gasteiger partial charge in [-0.3, -0.25) is 19.8 Å². The van der Waals surface area contributed by atoms with Crippen molar-refractivity contribution in [3.63, 3.8) is 0 Å². The van der Waals surface area contributed by atoms with Crippen LogP contribution in [0.4, 0.5) is 11.4 Å². The van der Waals surface area contributed by atoms with E-state index in [2.05, 4.69) is 10.0 Å². The fraction of sp³-hybridized carbons (Fsp3) is 0.409. The van der Waals surface area contributed by atoms with Gasteiger partial charge < -0.3 is 5.32 Å². The number of halogens is 1. The topological polar surface area (TPSA) is 122 Å². The zero-order valence-corrected chi connectivity index (χ0v) is 20.0.